The average molecular weight is 997 g/mol. The lowest BCUT2D eigenvalue weighted by Gasteiger charge is -2.46. The Bertz CT molecular complexity index is 3920. The topological polar surface area (TPSA) is 6.48 Å². The molecule has 0 amide bonds. The molecule has 13 rings (SSSR count). The Morgan fingerprint density at radius 2 is 0.649 bits per heavy atom. The molecule has 0 bridgehead atoms. The molecule has 77 heavy (non-hydrogen) atoms. The summed E-state index contributed by atoms with van der Waals surface area (Å²) in [5.74, 6) is 0. The number of nitrogens with zero attached hydrogens (tertiary/aromatic N) is 2. The van der Waals surface area contributed by atoms with Crippen molar-refractivity contribution in [3.8, 4) is 22.3 Å². The number of benzene rings is 11. The van der Waals surface area contributed by atoms with Crippen LogP contribution in [0.25, 0.3) is 65.3 Å². The third kappa shape index (κ3) is 8.15. The number of hydrogen-bond donors (Lipinski definition) is 0. The van der Waals surface area contributed by atoms with Gasteiger partial charge in [-0.15, -0.1) is 0 Å². The standard InChI is InChI=1S/C74H69BN2/c1-71(2,3)54-40-55(72(4,5)6)43-58(42-54)76-66-38-53(61-29-21-20-28-60(61)46-22-14-13-15-23-46)39-67-68(66)75(64-32-30-51-34-47-24-16-18-26-49(47)36-62(51)69(64)76)65-33-31-52-35-48-25-17-19-27-50(48)37-63(52)70(65)77(67)59-44-56(73(7,8)9)41-57(45-59)74(10,11)12/h13-45H,1-12H3. The number of hydrogen-bond acceptors (Lipinski definition) is 2. The Hall–Kier alpha value is -7.88. The summed E-state index contributed by atoms with van der Waals surface area (Å²) >= 11 is 0. The second kappa shape index (κ2) is 17.3. The van der Waals surface area contributed by atoms with Crippen LogP contribution in [0.2, 0.25) is 0 Å². The lowest BCUT2D eigenvalue weighted by molar-refractivity contribution is 0.568. The molecular formula is C74H69BN2. The van der Waals surface area contributed by atoms with Crippen LogP contribution in [0.4, 0.5) is 34.1 Å². The van der Waals surface area contributed by atoms with Crippen LogP contribution < -0.4 is 26.2 Å². The van der Waals surface area contributed by atoms with Crippen LogP contribution in [0.3, 0.4) is 0 Å². The van der Waals surface area contributed by atoms with Crippen molar-refractivity contribution in [2.75, 3.05) is 9.80 Å². The largest absolute Gasteiger partial charge is 0.311 e. The van der Waals surface area contributed by atoms with E-state index in [9.17, 15) is 0 Å². The maximum Gasteiger partial charge on any atom is 0.252 e. The molecule has 0 atom stereocenters. The summed E-state index contributed by atoms with van der Waals surface area (Å²) in [6.45, 7) is 28.3. The van der Waals surface area contributed by atoms with Crippen LogP contribution in [0.15, 0.2) is 200 Å². The Labute approximate surface area is 457 Å². The van der Waals surface area contributed by atoms with Crippen molar-refractivity contribution >= 4 is 100 Å². The van der Waals surface area contributed by atoms with Gasteiger partial charge in [-0.2, -0.15) is 0 Å². The van der Waals surface area contributed by atoms with Crippen LogP contribution >= 0.6 is 0 Å². The Morgan fingerprint density at radius 3 is 1.04 bits per heavy atom. The summed E-state index contributed by atoms with van der Waals surface area (Å²) in [4.78, 5) is 5.40. The van der Waals surface area contributed by atoms with Crippen molar-refractivity contribution in [2.45, 2.75) is 105 Å². The van der Waals surface area contributed by atoms with Crippen molar-refractivity contribution in [3.63, 3.8) is 0 Å². The quantitative estimate of drug-likeness (QED) is 0.128. The van der Waals surface area contributed by atoms with E-state index in [1.165, 1.54) is 138 Å². The number of fused-ring (bicyclic) bond motifs is 10. The Kier molecular flexibility index (Phi) is 11.0. The van der Waals surface area contributed by atoms with Crippen molar-refractivity contribution in [1.29, 1.82) is 0 Å². The van der Waals surface area contributed by atoms with E-state index in [1.54, 1.807) is 0 Å². The molecule has 0 fully saturated rings. The van der Waals surface area contributed by atoms with Gasteiger partial charge in [0.2, 0.25) is 0 Å². The van der Waals surface area contributed by atoms with Gasteiger partial charge in [0.25, 0.3) is 6.71 Å². The molecule has 0 aliphatic carbocycles. The molecule has 0 aromatic heterocycles. The van der Waals surface area contributed by atoms with Gasteiger partial charge in [0, 0.05) is 44.9 Å². The predicted octanol–water partition coefficient (Wildman–Crippen LogP) is 18.9. The summed E-state index contributed by atoms with van der Waals surface area (Å²) in [5, 5.41) is 9.97. The van der Waals surface area contributed by atoms with Crippen LogP contribution in [0.1, 0.15) is 105 Å². The van der Waals surface area contributed by atoms with Crippen LogP contribution in [0, 0.1) is 0 Å². The highest BCUT2D eigenvalue weighted by molar-refractivity contribution is 7.00. The van der Waals surface area contributed by atoms with Gasteiger partial charge >= 0.3 is 0 Å². The molecule has 11 aromatic rings. The summed E-state index contributed by atoms with van der Waals surface area (Å²) in [7, 11) is 0. The zero-order valence-corrected chi connectivity index (χ0v) is 47.0. The van der Waals surface area contributed by atoms with Gasteiger partial charge in [0.15, 0.2) is 0 Å². The summed E-state index contributed by atoms with van der Waals surface area (Å²) in [6.07, 6.45) is 0. The molecular weight excluding hydrogens is 928 g/mol. The highest BCUT2D eigenvalue weighted by atomic mass is 15.2. The Morgan fingerprint density at radius 1 is 0.299 bits per heavy atom. The van der Waals surface area contributed by atoms with Gasteiger partial charge in [-0.1, -0.05) is 223 Å². The van der Waals surface area contributed by atoms with Gasteiger partial charge < -0.3 is 9.80 Å². The third-order valence-electron chi connectivity index (χ3n) is 16.9. The molecule has 0 spiro atoms. The minimum absolute atomic E-state index is 0.0940. The minimum Gasteiger partial charge on any atom is -0.311 e. The fourth-order valence-corrected chi connectivity index (χ4v) is 12.5. The first kappa shape index (κ1) is 48.7. The molecule has 2 nitrogen and oxygen atoms in total. The first-order valence-corrected chi connectivity index (χ1v) is 27.8. The van der Waals surface area contributed by atoms with Crippen LogP contribution in [0.5, 0.6) is 0 Å². The zero-order chi connectivity index (χ0) is 53.5. The minimum atomic E-state index is -0.105. The van der Waals surface area contributed by atoms with Crippen molar-refractivity contribution in [1.82, 2.24) is 0 Å². The molecule has 0 radical (unpaired) electrons. The van der Waals surface area contributed by atoms with E-state index < -0.39 is 0 Å². The van der Waals surface area contributed by atoms with E-state index in [1.807, 2.05) is 0 Å². The van der Waals surface area contributed by atoms with E-state index in [0.29, 0.717) is 0 Å². The van der Waals surface area contributed by atoms with Gasteiger partial charge in [-0.25, -0.2) is 0 Å². The van der Waals surface area contributed by atoms with Crippen LogP contribution in [-0.2, 0) is 21.7 Å². The molecule has 378 valence electrons. The number of anilines is 6. The highest BCUT2D eigenvalue weighted by Gasteiger charge is 2.45. The molecule has 3 heteroatoms. The SMILES string of the molecule is CC(C)(C)c1cc(N2c3cc(-c4ccccc4-c4ccccc4)cc4c3B(c3ccc5cc6ccccc6cc5c32)c2ccc3cc5ccccc5cc3c2N4c2cc(C(C)(C)C)cc(C(C)(C)C)c2)cc(C(C)(C)C)c1. The molecule has 0 unspecified atom stereocenters. The van der Waals surface area contributed by atoms with E-state index >= 15 is 0 Å². The van der Waals surface area contributed by atoms with Gasteiger partial charge in [-0.3, -0.25) is 0 Å². The first-order valence-electron chi connectivity index (χ1n) is 27.8. The highest BCUT2D eigenvalue weighted by Crippen LogP contribution is 2.52. The summed E-state index contributed by atoms with van der Waals surface area (Å²) in [6, 6.07) is 77.4. The molecule has 0 saturated carbocycles. The van der Waals surface area contributed by atoms with E-state index in [-0.39, 0.29) is 28.4 Å². The smallest absolute Gasteiger partial charge is 0.252 e. The van der Waals surface area contributed by atoms with Gasteiger partial charge in [0.05, 0.1) is 0 Å². The lowest BCUT2D eigenvalue weighted by Crippen LogP contribution is -2.61. The fraction of sp³-hybridized carbons (Fsp3) is 0.216. The predicted molar refractivity (Wildman–Crippen MR) is 336 cm³/mol. The van der Waals surface area contributed by atoms with E-state index in [4.69, 9.17) is 0 Å². The molecule has 11 aromatic carbocycles. The molecule has 2 aliphatic rings. The second-order valence-electron chi connectivity index (χ2n) is 26.3. The van der Waals surface area contributed by atoms with Crippen molar-refractivity contribution in [3.05, 3.63) is 222 Å². The molecule has 2 aliphatic heterocycles. The second-order valence-corrected chi connectivity index (χ2v) is 26.3. The lowest BCUT2D eigenvalue weighted by atomic mass is 9.33. The number of rotatable bonds is 4. The van der Waals surface area contributed by atoms with Crippen LogP contribution in [-0.4, -0.2) is 6.71 Å². The molecule has 0 N–H and O–H groups in total. The fourth-order valence-electron chi connectivity index (χ4n) is 12.5. The maximum absolute atomic E-state index is 2.70. The monoisotopic (exact) mass is 997 g/mol. The molecule has 0 saturated heterocycles. The normalized spacial score (nSPS) is 13.6. The molecule has 2 heterocycles. The van der Waals surface area contributed by atoms with Gasteiger partial charge in [0.1, 0.15) is 0 Å². The first-order chi connectivity index (χ1) is 36.7. The Balaban J connectivity index is 1.25. The zero-order valence-electron chi connectivity index (χ0n) is 47.0. The third-order valence-corrected chi connectivity index (χ3v) is 16.9. The summed E-state index contributed by atoms with van der Waals surface area (Å²) in [5.41, 5.74) is 20.9. The van der Waals surface area contributed by atoms with E-state index in [0.717, 1.165) is 0 Å². The van der Waals surface area contributed by atoms with E-state index in [2.05, 4.69) is 293 Å². The summed E-state index contributed by atoms with van der Waals surface area (Å²) < 4.78 is 0. The van der Waals surface area contributed by atoms with Crippen molar-refractivity contribution in [2.24, 2.45) is 0 Å². The average Bonchev–Trinajstić information content (AvgIpc) is 3.52. The van der Waals surface area contributed by atoms with Gasteiger partial charge in [-0.05, 0) is 176 Å². The maximum atomic E-state index is 2.70. The van der Waals surface area contributed by atoms with Crippen molar-refractivity contribution < 1.29 is 0 Å².